The molecule has 2 aromatic rings. The van der Waals surface area contributed by atoms with Gasteiger partial charge in [-0.1, -0.05) is 31.5 Å². The quantitative estimate of drug-likeness (QED) is 0.487. The van der Waals surface area contributed by atoms with E-state index in [1.165, 1.54) is 43.1 Å². The van der Waals surface area contributed by atoms with Crippen molar-refractivity contribution in [2.45, 2.75) is 70.5 Å². The molecule has 1 aliphatic carbocycles. The monoisotopic (exact) mass is 436 g/mol. The molecule has 0 radical (unpaired) electrons. The fraction of sp³-hybridized carbons (Fsp3) is 0.600. The molecule has 158 valence electrons. The maximum Gasteiger partial charge on any atom is 0.341 e. The molecule has 0 atom stereocenters. The highest BCUT2D eigenvalue weighted by molar-refractivity contribution is 7.99. The number of nitrogens with one attached hydrogen (secondary N) is 1. The van der Waals surface area contributed by atoms with E-state index in [-0.39, 0.29) is 11.7 Å². The van der Waals surface area contributed by atoms with E-state index in [4.69, 9.17) is 4.74 Å². The topological polar surface area (TPSA) is 86.1 Å². The number of ether oxygens (including phenoxy) is 1. The van der Waals surface area contributed by atoms with Crippen LogP contribution in [0.5, 0.6) is 0 Å². The third-order valence-corrected chi connectivity index (χ3v) is 7.35. The second-order valence-corrected chi connectivity index (χ2v) is 9.26. The van der Waals surface area contributed by atoms with Crippen molar-refractivity contribution in [1.29, 1.82) is 0 Å². The summed E-state index contributed by atoms with van der Waals surface area (Å²) < 4.78 is 7.04. The highest BCUT2D eigenvalue weighted by atomic mass is 32.2. The highest BCUT2D eigenvalue weighted by Gasteiger charge is 2.25. The molecule has 7 nitrogen and oxygen atoms in total. The molecule has 0 aromatic carbocycles. The number of carbonyl (C=O) groups excluding carboxylic acids is 2. The Morgan fingerprint density at radius 2 is 2.00 bits per heavy atom. The fourth-order valence-corrected chi connectivity index (χ4v) is 5.85. The minimum atomic E-state index is -0.416. The van der Waals surface area contributed by atoms with Crippen LogP contribution in [-0.2, 0) is 22.5 Å². The van der Waals surface area contributed by atoms with Crippen molar-refractivity contribution >= 4 is 40.0 Å². The molecular weight excluding hydrogens is 408 g/mol. The van der Waals surface area contributed by atoms with Crippen LogP contribution in [0.4, 0.5) is 5.00 Å². The number of hydrogen-bond acceptors (Lipinski definition) is 7. The van der Waals surface area contributed by atoms with Crippen LogP contribution < -0.4 is 5.32 Å². The second-order valence-electron chi connectivity index (χ2n) is 7.09. The molecule has 1 N–H and O–H groups in total. The highest BCUT2D eigenvalue weighted by Crippen LogP contribution is 2.35. The molecule has 3 rings (SSSR count). The Hall–Kier alpha value is -1.87. The van der Waals surface area contributed by atoms with Crippen molar-refractivity contribution in [3.63, 3.8) is 0 Å². The van der Waals surface area contributed by atoms with Gasteiger partial charge in [-0.2, -0.15) is 0 Å². The van der Waals surface area contributed by atoms with Crippen molar-refractivity contribution in [3.8, 4) is 0 Å². The van der Waals surface area contributed by atoms with E-state index in [1.54, 1.807) is 0 Å². The van der Waals surface area contributed by atoms with Crippen LogP contribution >= 0.6 is 23.1 Å². The summed E-state index contributed by atoms with van der Waals surface area (Å²) in [5.41, 5.74) is 1.40. The summed E-state index contributed by atoms with van der Waals surface area (Å²) in [5.74, 6) is 1.15. The lowest BCUT2D eigenvalue weighted by atomic mass is 10.1. The van der Waals surface area contributed by atoms with Crippen LogP contribution in [0.15, 0.2) is 5.16 Å². The lowest BCUT2D eigenvalue weighted by Crippen LogP contribution is -2.17. The third kappa shape index (κ3) is 4.66. The summed E-state index contributed by atoms with van der Waals surface area (Å²) in [4.78, 5) is 25.8. The SMILES string of the molecule is CCc1c(C)sc(NC(=O)CSc2nnc(C3CCCC3)n2CC)c1C(=O)OC. The first-order valence-corrected chi connectivity index (χ1v) is 11.9. The number of aromatic nitrogens is 3. The van der Waals surface area contributed by atoms with E-state index in [0.717, 1.165) is 40.8 Å². The molecule has 0 unspecified atom stereocenters. The van der Waals surface area contributed by atoms with Crippen LogP contribution in [0.25, 0.3) is 0 Å². The molecule has 2 aromatic heterocycles. The number of thiophene rings is 1. The number of hydrogen-bond donors (Lipinski definition) is 1. The average molecular weight is 437 g/mol. The Kier molecular flexibility index (Phi) is 7.34. The Bertz CT molecular complexity index is 885. The lowest BCUT2D eigenvalue weighted by Gasteiger charge is -2.11. The molecule has 9 heteroatoms. The molecule has 0 bridgehead atoms. The molecule has 2 heterocycles. The molecular formula is C20H28N4O3S2. The predicted molar refractivity (Wildman–Crippen MR) is 116 cm³/mol. The molecule has 0 saturated heterocycles. The summed E-state index contributed by atoms with van der Waals surface area (Å²) in [7, 11) is 1.36. The average Bonchev–Trinajstić information content (AvgIpc) is 3.43. The van der Waals surface area contributed by atoms with E-state index in [9.17, 15) is 9.59 Å². The van der Waals surface area contributed by atoms with Crippen molar-refractivity contribution in [2.75, 3.05) is 18.2 Å². The maximum atomic E-state index is 12.6. The summed E-state index contributed by atoms with van der Waals surface area (Å²) in [6.07, 6.45) is 5.53. The largest absolute Gasteiger partial charge is 0.465 e. The number of rotatable bonds is 8. The van der Waals surface area contributed by atoms with E-state index < -0.39 is 5.97 Å². The van der Waals surface area contributed by atoms with Gasteiger partial charge in [-0.05, 0) is 38.7 Å². The maximum absolute atomic E-state index is 12.6. The Labute approximate surface area is 179 Å². The summed E-state index contributed by atoms with van der Waals surface area (Å²) in [5, 5.41) is 13.0. The summed E-state index contributed by atoms with van der Waals surface area (Å²) in [6.45, 7) is 6.81. The zero-order valence-electron chi connectivity index (χ0n) is 17.4. The van der Waals surface area contributed by atoms with Gasteiger partial charge in [0.15, 0.2) is 5.16 Å². The molecule has 29 heavy (non-hydrogen) atoms. The van der Waals surface area contributed by atoms with E-state index in [1.807, 2.05) is 13.8 Å². The smallest absolute Gasteiger partial charge is 0.341 e. The number of thioether (sulfide) groups is 1. The Balaban J connectivity index is 1.69. The number of anilines is 1. The number of aryl methyl sites for hydroxylation is 1. The van der Waals surface area contributed by atoms with Crippen LogP contribution in [0.2, 0.25) is 0 Å². The van der Waals surface area contributed by atoms with Gasteiger partial charge in [-0.15, -0.1) is 21.5 Å². The van der Waals surface area contributed by atoms with Crippen LogP contribution in [0.1, 0.15) is 72.1 Å². The predicted octanol–water partition coefficient (Wildman–Crippen LogP) is 4.41. The van der Waals surface area contributed by atoms with Crippen molar-refractivity contribution in [3.05, 3.63) is 21.8 Å². The Morgan fingerprint density at radius 1 is 1.28 bits per heavy atom. The lowest BCUT2D eigenvalue weighted by molar-refractivity contribution is -0.113. The van der Waals surface area contributed by atoms with Crippen LogP contribution in [0, 0.1) is 6.92 Å². The number of carbonyl (C=O) groups is 2. The molecule has 1 saturated carbocycles. The standard InChI is InChI=1S/C20H28N4O3S2/c1-5-14-12(3)29-18(16(14)19(26)27-4)21-15(25)11-28-20-23-22-17(24(20)6-2)13-9-7-8-10-13/h13H,5-11H2,1-4H3,(H,21,25). The fourth-order valence-electron chi connectivity index (χ4n) is 3.89. The van der Waals surface area contributed by atoms with Crippen LogP contribution in [0.3, 0.4) is 0 Å². The molecule has 0 aliphatic heterocycles. The minimum Gasteiger partial charge on any atom is -0.465 e. The van der Waals surface area contributed by atoms with Gasteiger partial charge in [-0.3, -0.25) is 4.79 Å². The molecule has 1 fully saturated rings. The number of amides is 1. The van der Waals surface area contributed by atoms with E-state index >= 15 is 0 Å². The van der Waals surface area contributed by atoms with Gasteiger partial charge in [-0.25, -0.2) is 4.79 Å². The first-order chi connectivity index (χ1) is 14.0. The number of esters is 1. The van der Waals surface area contributed by atoms with Crippen molar-refractivity contribution in [1.82, 2.24) is 14.8 Å². The summed E-state index contributed by atoms with van der Waals surface area (Å²) >= 11 is 2.79. The summed E-state index contributed by atoms with van der Waals surface area (Å²) in [6, 6.07) is 0. The first kappa shape index (κ1) is 21.8. The van der Waals surface area contributed by atoms with Gasteiger partial charge >= 0.3 is 5.97 Å². The van der Waals surface area contributed by atoms with Gasteiger partial charge in [0.25, 0.3) is 0 Å². The van der Waals surface area contributed by atoms with Gasteiger partial charge in [0.05, 0.1) is 18.4 Å². The minimum absolute atomic E-state index is 0.169. The first-order valence-electron chi connectivity index (χ1n) is 10.1. The number of methoxy groups -OCH3 is 1. The van der Waals surface area contributed by atoms with Gasteiger partial charge < -0.3 is 14.6 Å². The van der Waals surface area contributed by atoms with Gasteiger partial charge in [0.1, 0.15) is 10.8 Å². The zero-order chi connectivity index (χ0) is 21.0. The van der Waals surface area contributed by atoms with E-state index in [2.05, 4.69) is 27.0 Å². The zero-order valence-corrected chi connectivity index (χ0v) is 19.0. The normalized spacial score (nSPS) is 14.3. The third-order valence-electron chi connectivity index (χ3n) is 5.32. The molecule has 0 spiro atoms. The Morgan fingerprint density at radius 3 is 2.62 bits per heavy atom. The second kappa shape index (κ2) is 9.75. The van der Waals surface area contributed by atoms with Crippen LogP contribution in [-0.4, -0.2) is 39.5 Å². The molecule has 1 amide bonds. The van der Waals surface area contributed by atoms with E-state index in [0.29, 0.717) is 22.9 Å². The van der Waals surface area contributed by atoms with Crippen molar-refractivity contribution < 1.29 is 14.3 Å². The van der Waals surface area contributed by atoms with Gasteiger partial charge in [0, 0.05) is 17.3 Å². The molecule has 1 aliphatic rings. The number of nitrogens with zero attached hydrogens (tertiary/aromatic N) is 3. The van der Waals surface area contributed by atoms with Crippen molar-refractivity contribution in [2.24, 2.45) is 0 Å². The van der Waals surface area contributed by atoms with Gasteiger partial charge in [0.2, 0.25) is 5.91 Å².